The smallest absolute Gasteiger partial charge is 0.255 e. The second-order valence-corrected chi connectivity index (χ2v) is 7.46. The molecule has 0 unspecified atom stereocenters. The van der Waals surface area contributed by atoms with Crippen LogP contribution in [0.4, 0.5) is 5.69 Å². The van der Waals surface area contributed by atoms with E-state index in [4.69, 9.17) is 9.47 Å². The molecule has 160 valence electrons. The molecule has 7 heteroatoms. The van der Waals surface area contributed by atoms with Crippen molar-refractivity contribution in [2.75, 3.05) is 39.2 Å². The van der Waals surface area contributed by atoms with Gasteiger partial charge >= 0.3 is 0 Å². The molecule has 30 heavy (non-hydrogen) atoms. The van der Waals surface area contributed by atoms with Gasteiger partial charge < -0.3 is 24.8 Å². The Hall–Kier alpha value is -3.06. The summed E-state index contributed by atoms with van der Waals surface area (Å²) in [5, 5.41) is 12.1. The molecule has 2 N–H and O–H groups in total. The van der Waals surface area contributed by atoms with Gasteiger partial charge in [0.05, 0.1) is 14.2 Å². The van der Waals surface area contributed by atoms with E-state index in [0.29, 0.717) is 41.4 Å². The van der Waals surface area contributed by atoms with Crippen molar-refractivity contribution in [1.82, 2.24) is 4.90 Å². The highest BCUT2D eigenvalue weighted by atomic mass is 16.5. The number of aliphatic hydroxyl groups excluding tert-OH is 1. The van der Waals surface area contributed by atoms with Gasteiger partial charge in [-0.1, -0.05) is 0 Å². The van der Waals surface area contributed by atoms with Gasteiger partial charge in [-0.25, -0.2) is 0 Å². The number of rotatable bonds is 6. The number of carbonyl (C=O) groups excluding carboxylic acids is 2. The standard InChI is InChI=1S/C23H28N2O5/c1-15-20(29-2)12-18(13-21(15)30-3)22(27)24-19-6-4-17(5-7-19)23(28)25-10-8-16(14-26)9-11-25/h4-7,12-13,16,26H,8-11,14H2,1-3H3,(H,24,27). The molecule has 1 fully saturated rings. The maximum absolute atomic E-state index is 12.7. The zero-order valence-corrected chi connectivity index (χ0v) is 17.6. The Morgan fingerprint density at radius 2 is 1.60 bits per heavy atom. The third-order valence-electron chi connectivity index (χ3n) is 5.56. The van der Waals surface area contributed by atoms with Crippen LogP contribution in [-0.4, -0.2) is 55.7 Å². The van der Waals surface area contributed by atoms with Crippen molar-refractivity contribution in [1.29, 1.82) is 0 Å². The van der Waals surface area contributed by atoms with Crippen LogP contribution in [0.2, 0.25) is 0 Å². The summed E-state index contributed by atoms with van der Waals surface area (Å²) in [4.78, 5) is 27.2. The maximum atomic E-state index is 12.7. The SMILES string of the molecule is COc1cc(C(=O)Nc2ccc(C(=O)N3CCC(CO)CC3)cc2)cc(OC)c1C. The summed E-state index contributed by atoms with van der Waals surface area (Å²) in [5.41, 5.74) is 2.41. The number of amides is 2. The van der Waals surface area contributed by atoms with Crippen LogP contribution in [0.1, 0.15) is 39.1 Å². The van der Waals surface area contributed by atoms with Crippen molar-refractivity contribution in [3.63, 3.8) is 0 Å². The first-order valence-electron chi connectivity index (χ1n) is 10.0. The summed E-state index contributed by atoms with van der Waals surface area (Å²) >= 11 is 0. The normalized spacial score (nSPS) is 14.3. The Morgan fingerprint density at radius 3 is 2.10 bits per heavy atom. The number of hydrogen-bond acceptors (Lipinski definition) is 5. The Balaban J connectivity index is 1.67. The minimum absolute atomic E-state index is 0.0303. The molecule has 1 heterocycles. The molecule has 0 saturated carbocycles. The molecule has 0 bridgehead atoms. The van der Waals surface area contributed by atoms with E-state index < -0.39 is 0 Å². The van der Waals surface area contributed by atoms with E-state index in [9.17, 15) is 14.7 Å². The number of benzene rings is 2. The van der Waals surface area contributed by atoms with Crippen LogP contribution in [0.5, 0.6) is 11.5 Å². The van der Waals surface area contributed by atoms with E-state index in [0.717, 1.165) is 18.4 Å². The van der Waals surface area contributed by atoms with E-state index in [1.54, 1.807) is 50.6 Å². The topological polar surface area (TPSA) is 88.1 Å². The van der Waals surface area contributed by atoms with Gasteiger partial charge in [0, 0.05) is 42.1 Å². The summed E-state index contributed by atoms with van der Waals surface area (Å²) in [6.45, 7) is 3.34. The number of aliphatic hydroxyl groups is 1. The van der Waals surface area contributed by atoms with Crippen LogP contribution in [0.3, 0.4) is 0 Å². The first-order valence-corrected chi connectivity index (χ1v) is 10.0. The molecule has 1 aliphatic heterocycles. The van der Waals surface area contributed by atoms with E-state index in [1.807, 2.05) is 11.8 Å². The average Bonchev–Trinajstić information content (AvgIpc) is 2.79. The molecule has 0 atom stereocenters. The predicted octanol–water partition coefficient (Wildman–Crippen LogP) is 3.11. The maximum Gasteiger partial charge on any atom is 0.255 e. The summed E-state index contributed by atoms with van der Waals surface area (Å²) in [6.07, 6.45) is 1.64. The highest BCUT2D eigenvalue weighted by Crippen LogP contribution is 2.30. The van der Waals surface area contributed by atoms with Gasteiger partial charge in [0.15, 0.2) is 0 Å². The lowest BCUT2D eigenvalue weighted by Crippen LogP contribution is -2.39. The van der Waals surface area contributed by atoms with Gasteiger partial charge in [-0.2, -0.15) is 0 Å². The first kappa shape index (κ1) is 21.6. The fourth-order valence-corrected chi connectivity index (χ4v) is 3.62. The van der Waals surface area contributed by atoms with Crippen LogP contribution >= 0.6 is 0 Å². The lowest BCUT2D eigenvalue weighted by molar-refractivity contribution is 0.0651. The van der Waals surface area contributed by atoms with E-state index in [1.165, 1.54) is 0 Å². The van der Waals surface area contributed by atoms with Gasteiger partial charge in [0.2, 0.25) is 0 Å². The second-order valence-electron chi connectivity index (χ2n) is 7.46. The number of methoxy groups -OCH3 is 2. The lowest BCUT2D eigenvalue weighted by atomic mass is 9.97. The van der Waals surface area contributed by atoms with Gasteiger partial charge in [-0.05, 0) is 62.1 Å². The van der Waals surface area contributed by atoms with E-state index in [2.05, 4.69) is 5.32 Å². The summed E-state index contributed by atoms with van der Waals surface area (Å²) < 4.78 is 10.7. The average molecular weight is 412 g/mol. The highest BCUT2D eigenvalue weighted by molar-refractivity contribution is 6.05. The van der Waals surface area contributed by atoms with Crippen molar-refractivity contribution in [3.8, 4) is 11.5 Å². The number of nitrogens with one attached hydrogen (secondary N) is 1. The number of carbonyl (C=O) groups is 2. The minimum atomic E-state index is -0.295. The fraction of sp³-hybridized carbons (Fsp3) is 0.391. The van der Waals surface area contributed by atoms with Crippen molar-refractivity contribution in [2.45, 2.75) is 19.8 Å². The quantitative estimate of drug-likeness (QED) is 0.761. The summed E-state index contributed by atoms with van der Waals surface area (Å²) in [6, 6.07) is 10.2. The fourth-order valence-electron chi connectivity index (χ4n) is 3.62. The lowest BCUT2D eigenvalue weighted by Gasteiger charge is -2.31. The van der Waals surface area contributed by atoms with E-state index in [-0.39, 0.29) is 24.3 Å². The van der Waals surface area contributed by atoms with Crippen molar-refractivity contribution >= 4 is 17.5 Å². The molecule has 2 aromatic carbocycles. The number of piperidine rings is 1. The minimum Gasteiger partial charge on any atom is -0.496 e. The number of nitrogens with zero attached hydrogens (tertiary/aromatic N) is 1. The number of anilines is 1. The molecule has 0 spiro atoms. The molecular formula is C23H28N2O5. The second kappa shape index (κ2) is 9.63. The predicted molar refractivity (Wildman–Crippen MR) is 114 cm³/mol. The van der Waals surface area contributed by atoms with Crippen LogP contribution in [0.25, 0.3) is 0 Å². The van der Waals surface area contributed by atoms with Crippen LogP contribution in [0.15, 0.2) is 36.4 Å². The van der Waals surface area contributed by atoms with Gasteiger partial charge in [-0.3, -0.25) is 9.59 Å². The van der Waals surface area contributed by atoms with E-state index >= 15 is 0 Å². The zero-order chi connectivity index (χ0) is 21.7. The summed E-state index contributed by atoms with van der Waals surface area (Å²) in [7, 11) is 3.09. The zero-order valence-electron chi connectivity index (χ0n) is 17.6. The third kappa shape index (κ3) is 4.74. The summed E-state index contributed by atoms with van der Waals surface area (Å²) in [5.74, 6) is 1.11. The molecule has 0 aliphatic carbocycles. The number of hydrogen-bond donors (Lipinski definition) is 2. The first-order chi connectivity index (χ1) is 14.5. The Morgan fingerprint density at radius 1 is 1.03 bits per heavy atom. The van der Waals surface area contributed by atoms with Gasteiger partial charge in [0.1, 0.15) is 11.5 Å². The number of ether oxygens (including phenoxy) is 2. The molecule has 3 rings (SSSR count). The Labute approximate surface area is 176 Å². The largest absolute Gasteiger partial charge is 0.496 e. The Kier molecular flexibility index (Phi) is 6.95. The van der Waals surface area contributed by atoms with Crippen LogP contribution in [0, 0.1) is 12.8 Å². The highest BCUT2D eigenvalue weighted by Gasteiger charge is 2.23. The monoisotopic (exact) mass is 412 g/mol. The van der Waals surface area contributed by atoms with Crippen LogP contribution < -0.4 is 14.8 Å². The van der Waals surface area contributed by atoms with Crippen LogP contribution in [-0.2, 0) is 0 Å². The molecule has 2 amide bonds. The molecule has 7 nitrogen and oxygen atoms in total. The van der Waals surface area contributed by atoms with Crippen molar-refractivity contribution in [3.05, 3.63) is 53.1 Å². The van der Waals surface area contributed by atoms with Gasteiger partial charge in [0.25, 0.3) is 11.8 Å². The third-order valence-corrected chi connectivity index (χ3v) is 5.56. The molecule has 0 aromatic heterocycles. The van der Waals surface area contributed by atoms with Gasteiger partial charge in [-0.15, -0.1) is 0 Å². The molecule has 2 aromatic rings. The Bertz CT molecular complexity index is 877. The molecule has 1 saturated heterocycles. The molecular weight excluding hydrogens is 384 g/mol. The van der Waals surface area contributed by atoms with Crippen molar-refractivity contribution in [2.24, 2.45) is 5.92 Å². The molecule has 1 aliphatic rings. The number of likely N-dealkylation sites (tertiary alicyclic amines) is 1. The molecule has 0 radical (unpaired) electrons. The van der Waals surface area contributed by atoms with Crippen molar-refractivity contribution < 1.29 is 24.2 Å².